The Balaban J connectivity index is 1.45. The molecule has 0 aliphatic carbocycles. The molecule has 3 rings (SSSR count). The molecule has 0 spiro atoms. The fourth-order valence-corrected chi connectivity index (χ4v) is 3.44. The number of amides is 3. The fraction of sp³-hybridized carbons (Fsp3) is 0.526. The number of carbonyl (C=O) groups is 3. The van der Waals surface area contributed by atoms with Gasteiger partial charge in [0.25, 0.3) is 0 Å². The average molecular weight is 374 g/mol. The minimum absolute atomic E-state index is 0.0936. The number of benzene rings is 1. The van der Waals surface area contributed by atoms with Crippen molar-refractivity contribution in [3.63, 3.8) is 0 Å². The number of nitrogens with zero attached hydrogens (tertiary/aromatic N) is 4. The number of rotatable bonds is 5. The lowest BCUT2D eigenvalue weighted by molar-refractivity contribution is -0.142. The summed E-state index contributed by atoms with van der Waals surface area (Å²) in [7, 11) is 1.64. The van der Waals surface area contributed by atoms with Gasteiger partial charge in [0.15, 0.2) is 0 Å². The van der Waals surface area contributed by atoms with Gasteiger partial charge in [-0.2, -0.15) is 0 Å². The number of ether oxygens (including phenoxy) is 1. The number of hydrogen-bond donors (Lipinski definition) is 0. The van der Waals surface area contributed by atoms with Gasteiger partial charge in [0.1, 0.15) is 12.2 Å². The van der Waals surface area contributed by atoms with Crippen LogP contribution in [0.5, 0.6) is 5.75 Å². The van der Waals surface area contributed by atoms with E-state index in [-0.39, 0.29) is 18.2 Å². The number of methoxy groups -OCH3 is 1. The molecule has 2 aliphatic rings. The second kappa shape index (κ2) is 8.75. The van der Waals surface area contributed by atoms with Gasteiger partial charge >= 0.3 is 0 Å². The van der Waals surface area contributed by atoms with Gasteiger partial charge in [-0.1, -0.05) is 0 Å². The van der Waals surface area contributed by atoms with Crippen LogP contribution in [0.4, 0.5) is 5.69 Å². The first-order chi connectivity index (χ1) is 13.1. The van der Waals surface area contributed by atoms with Gasteiger partial charge in [0.2, 0.25) is 18.2 Å². The van der Waals surface area contributed by atoms with Crippen molar-refractivity contribution in [3.8, 4) is 5.75 Å². The summed E-state index contributed by atoms with van der Waals surface area (Å²) in [5.41, 5.74) is 1.10. The molecule has 0 atom stereocenters. The summed E-state index contributed by atoms with van der Waals surface area (Å²) in [6, 6.07) is 7.88. The van der Waals surface area contributed by atoms with Gasteiger partial charge in [-0.25, -0.2) is 0 Å². The number of anilines is 1. The SMILES string of the molecule is COc1ccc(N2CCN(C(=O)CC(=O)N3CCN(C=O)CC3)CC2)cc1. The summed E-state index contributed by atoms with van der Waals surface area (Å²) in [4.78, 5) is 42.9. The molecule has 8 heteroatoms. The summed E-state index contributed by atoms with van der Waals surface area (Å²) in [5, 5.41) is 0. The van der Waals surface area contributed by atoms with E-state index < -0.39 is 0 Å². The van der Waals surface area contributed by atoms with E-state index in [1.54, 1.807) is 21.8 Å². The molecule has 0 unspecified atom stereocenters. The Bertz CT molecular complexity index is 663. The van der Waals surface area contributed by atoms with Crippen molar-refractivity contribution in [1.29, 1.82) is 0 Å². The van der Waals surface area contributed by atoms with Crippen molar-refractivity contribution in [1.82, 2.24) is 14.7 Å². The zero-order valence-corrected chi connectivity index (χ0v) is 15.7. The summed E-state index contributed by atoms with van der Waals surface area (Å²) < 4.78 is 5.18. The molecule has 3 amide bonds. The molecule has 0 bridgehead atoms. The predicted octanol–water partition coefficient (Wildman–Crippen LogP) is 0.0345. The third-order valence-corrected chi connectivity index (χ3v) is 5.19. The second-order valence-electron chi connectivity index (χ2n) is 6.76. The van der Waals surface area contributed by atoms with Crippen LogP contribution in [0.2, 0.25) is 0 Å². The largest absolute Gasteiger partial charge is 0.497 e. The Kier molecular flexibility index (Phi) is 6.16. The van der Waals surface area contributed by atoms with Gasteiger partial charge in [0.05, 0.1) is 7.11 Å². The van der Waals surface area contributed by atoms with Crippen molar-refractivity contribution in [2.75, 3.05) is 64.4 Å². The highest BCUT2D eigenvalue weighted by Crippen LogP contribution is 2.20. The fourth-order valence-electron chi connectivity index (χ4n) is 3.44. The molecule has 1 aromatic rings. The van der Waals surface area contributed by atoms with Gasteiger partial charge in [-0.3, -0.25) is 14.4 Å². The first-order valence-electron chi connectivity index (χ1n) is 9.24. The zero-order valence-electron chi connectivity index (χ0n) is 15.7. The molecule has 2 fully saturated rings. The van der Waals surface area contributed by atoms with Crippen molar-refractivity contribution < 1.29 is 19.1 Å². The molecule has 1 aromatic carbocycles. The van der Waals surface area contributed by atoms with E-state index in [9.17, 15) is 14.4 Å². The maximum atomic E-state index is 12.5. The van der Waals surface area contributed by atoms with Gasteiger partial charge in [-0.15, -0.1) is 0 Å². The third-order valence-electron chi connectivity index (χ3n) is 5.19. The highest BCUT2D eigenvalue weighted by molar-refractivity contribution is 5.97. The van der Waals surface area contributed by atoms with E-state index in [0.717, 1.165) is 30.9 Å². The lowest BCUT2D eigenvalue weighted by atomic mass is 10.2. The number of piperazine rings is 2. The van der Waals surface area contributed by atoms with E-state index in [1.807, 2.05) is 24.3 Å². The van der Waals surface area contributed by atoms with Gasteiger partial charge in [0, 0.05) is 58.0 Å². The Hall–Kier alpha value is -2.77. The Labute approximate surface area is 159 Å². The van der Waals surface area contributed by atoms with Gasteiger partial charge in [-0.05, 0) is 24.3 Å². The monoisotopic (exact) mass is 374 g/mol. The van der Waals surface area contributed by atoms with Crippen LogP contribution in [0, 0.1) is 0 Å². The summed E-state index contributed by atoms with van der Waals surface area (Å²) in [5.74, 6) is 0.551. The lowest BCUT2D eigenvalue weighted by Gasteiger charge is -2.37. The van der Waals surface area contributed by atoms with Crippen molar-refractivity contribution in [2.24, 2.45) is 0 Å². The second-order valence-corrected chi connectivity index (χ2v) is 6.76. The standard InChI is InChI=1S/C19H26N4O4/c1-27-17-4-2-16(3-5-17)21-10-12-23(13-11-21)19(26)14-18(25)22-8-6-20(15-24)7-9-22/h2-5,15H,6-14H2,1H3. The van der Waals surface area contributed by atoms with Crippen LogP contribution in [0.3, 0.4) is 0 Å². The molecule has 8 nitrogen and oxygen atoms in total. The number of hydrogen-bond acceptors (Lipinski definition) is 5. The van der Waals surface area contributed by atoms with Crippen molar-refractivity contribution >= 4 is 23.9 Å². The van der Waals surface area contributed by atoms with E-state index in [2.05, 4.69) is 4.90 Å². The normalized spacial score (nSPS) is 17.7. The van der Waals surface area contributed by atoms with Crippen molar-refractivity contribution in [2.45, 2.75) is 6.42 Å². The molecule has 2 aliphatic heterocycles. The van der Waals surface area contributed by atoms with E-state index in [1.165, 1.54) is 0 Å². The third kappa shape index (κ3) is 4.69. The van der Waals surface area contributed by atoms with Crippen LogP contribution < -0.4 is 9.64 Å². The Morgan fingerprint density at radius 1 is 0.889 bits per heavy atom. The first kappa shape index (κ1) is 19.0. The highest BCUT2D eigenvalue weighted by Gasteiger charge is 2.26. The Morgan fingerprint density at radius 2 is 1.41 bits per heavy atom. The minimum atomic E-state index is -0.150. The van der Waals surface area contributed by atoms with E-state index >= 15 is 0 Å². The van der Waals surface area contributed by atoms with Crippen LogP contribution in [-0.2, 0) is 14.4 Å². The minimum Gasteiger partial charge on any atom is -0.497 e. The molecule has 2 saturated heterocycles. The van der Waals surface area contributed by atoms with Crippen LogP contribution in [-0.4, -0.2) is 92.4 Å². The molecular weight excluding hydrogens is 348 g/mol. The summed E-state index contributed by atoms with van der Waals surface area (Å²) in [6.45, 7) is 4.75. The summed E-state index contributed by atoms with van der Waals surface area (Å²) in [6.07, 6.45) is 0.707. The van der Waals surface area contributed by atoms with Gasteiger partial charge < -0.3 is 24.3 Å². The lowest BCUT2D eigenvalue weighted by Crippen LogP contribution is -2.51. The predicted molar refractivity (Wildman–Crippen MR) is 101 cm³/mol. The van der Waals surface area contributed by atoms with Crippen molar-refractivity contribution in [3.05, 3.63) is 24.3 Å². The maximum absolute atomic E-state index is 12.5. The first-order valence-corrected chi connectivity index (χ1v) is 9.24. The molecule has 0 radical (unpaired) electrons. The molecule has 0 saturated carbocycles. The molecule has 0 N–H and O–H groups in total. The number of carbonyl (C=O) groups excluding carboxylic acids is 3. The molecule has 2 heterocycles. The Morgan fingerprint density at radius 3 is 1.89 bits per heavy atom. The van der Waals surface area contributed by atoms with Crippen LogP contribution in [0.25, 0.3) is 0 Å². The van der Waals surface area contributed by atoms with Crippen LogP contribution >= 0.6 is 0 Å². The van der Waals surface area contributed by atoms with Crippen LogP contribution in [0.15, 0.2) is 24.3 Å². The molecule has 146 valence electrons. The molecular formula is C19H26N4O4. The molecule has 0 aromatic heterocycles. The van der Waals surface area contributed by atoms with Crippen LogP contribution in [0.1, 0.15) is 6.42 Å². The van der Waals surface area contributed by atoms with E-state index in [4.69, 9.17) is 4.74 Å². The highest BCUT2D eigenvalue weighted by atomic mass is 16.5. The molecule has 27 heavy (non-hydrogen) atoms. The average Bonchev–Trinajstić information content (AvgIpc) is 2.74. The topological polar surface area (TPSA) is 73.4 Å². The summed E-state index contributed by atoms with van der Waals surface area (Å²) >= 11 is 0. The smallest absolute Gasteiger partial charge is 0.232 e. The maximum Gasteiger partial charge on any atom is 0.232 e. The van der Waals surface area contributed by atoms with E-state index in [0.29, 0.717) is 39.3 Å². The zero-order chi connectivity index (χ0) is 19.2. The quantitative estimate of drug-likeness (QED) is 0.537.